The van der Waals surface area contributed by atoms with Crippen molar-refractivity contribution < 1.29 is 14.6 Å². The van der Waals surface area contributed by atoms with E-state index in [4.69, 9.17) is 15.6 Å². The molecule has 0 aromatic carbocycles. The van der Waals surface area contributed by atoms with Crippen LogP contribution in [0.2, 0.25) is 0 Å². The molecule has 5 nitrogen and oxygen atoms in total. The summed E-state index contributed by atoms with van der Waals surface area (Å²) in [6.07, 6.45) is 0.0390. The Bertz CT molecular complexity index is 169. The van der Waals surface area contributed by atoms with E-state index in [-0.39, 0.29) is 12.5 Å². The second-order valence-electron chi connectivity index (χ2n) is 3.27. The Hall–Kier alpha value is -0.650. The van der Waals surface area contributed by atoms with Crippen LogP contribution in [0.1, 0.15) is 6.42 Å². The molecule has 0 aliphatic carbocycles. The Morgan fingerprint density at radius 1 is 1.54 bits per heavy atom. The van der Waals surface area contributed by atoms with E-state index in [1.54, 1.807) is 0 Å². The van der Waals surface area contributed by atoms with Crippen molar-refractivity contribution in [2.45, 2.75) is 12.5 Å². The van der Waals surface area contributed by atoms with Crippen molar-refractivity contribution in [2.75, 3.05) is 32.8 Å². The quantitative estimate of drug-likeness (QED) is 0.599. The molecule has 3 N–H and O–H groups in total. The summed E-state index contributed by atoms with van der Waals surface area (Å²) in [5.41, 5.74) is 5.64. The average molecular weight is 188 g/mol. The zero-order chi connectivity index (χ0) is 9.68. The summed E-state index contributed by atoms with van der Waals surface area (Å²) < 4.78 is 5.16. The van der Waals surface area contributed by atoms with Gasteiger partial charge in [0.2, 0.25) is 0 Å². The lowest BCUT2D eigenvalue weighted by molar-refractivity contribution is -0.137. The molecule has 0 radical (unpaired) electrons. The lowest BCUT2D eigenvalue weighted by Gasteiger charge is -2.28. The molecule has 0 spiro atoms. The fraction of sp³-hybridized carbons (Fsp3) is 0.875. The normalized spacial score (nSPS) is 21.3. The number of nitrogens with two attached hydrogens (primary N) is 1. The molecular weight excluding hydrogens is 172 g/mol. The summed E-state index contributed by atoms with van der Waals surface area (Å²) in [5.74, 6) is -0.833. The number of ether oxygens (including phenoxy) is 1. The van der Waals surface area contributed by atoms with E-state index in [1.807, 2.05) is 0 Å². The minimum absolute atomic E-state index is 0.0390. The molecule has 1 aliphatic rings. The van der Waals surface area contributed by atoms with Crippen LogP contribution in [0.3, 0.4) is 0 Å². The van der Waals surface area contributed by atoms with Crippen LogP contribution < -0.4 is 5.73 Å². The van der Waals surface area contributed by atoms with Crippen LogP contribution in [0.25, 0.3) is 0 Å². The summed E-state index contributed by atoms with van der Waals surface area (Å²) in [6, 6.07) is -0.268. The molecule has 0 aromatic heterocycles. The lowest BCUT2D eigenvalue weighted by Crippen LogP contribution is -2.44. The second kappa shape index (κ2) is 5.16. The van der Waals surface area contributed by atoms with Gasteiger partial charge in [-0.15, -0.1) is 0 Å². The van der Waals surface area contributed by atoms with Crippen LogP contribution in [0, 0.1) is 0 Å². The monoisotopic (exact) mass is 188 g/mol. The highest BCUT2D eigenvalue weighted by Gasteiger charge is 2.15. The Balaban J connectivity index is 2.18. The van der Waals surface area contributed by atoms with Crippen LogP contribution >= 0.6 is 0 Å². The lowest BCUT2D eigenvalue weighted by atomic mass is 10.2. The van der Waals surface area contributed by atoms with Crippen LogP contribution in [0.5, 0.6) is 0 Å². The van der Waals surface area contributed by atoms with E-state index in [9.17, 15) is 4.79 Å². The molecule has 0 amide bonds. The molecule has 1 atom stereocenters. The van der Waals surface area contributed by atoms with Gasteiger partial charge in [0.1, 0.15) is 0 Å². The molecule has 1 saturated heterocycles. The Morgan fingerprint density at radius 2 is 2.15 bits per heavy atom. The van der Waals surface area contributed by atoms with E-state index < -0.39 is 5.97 Å². The summed E-state index contributed by atoms with van der Waals surface area (Å²) in [5, 5.41) is 8.49. The van der Waals surface area contributed by atoms with Gasteiger partial charge in [-0.3, -0.25) is 9.69 Å². The number of hydrogen-bond acceptors (Lipinski definition) is 4. The van der Waals surface area contributed by atoms with E-state index in [0.29, 0.717) is 6.54 Å². The van der Waals surface area contributed by atoms with Crippen molar-refractivity contribution in [3.05, 3.63) is 0 Å². The number of hydrogen-bond donors (Lipinski definition) is 2. The van der Waals surface area contributed by atoms with E-state index in [2.05, 4.69) is 4.90 Å². The van der Waals surface area contributed by atoms with Crippen molar-refractivity contribution in [3.8, 4) is 0 Å². The third-order valence-corrected chi connectivity index (χ3v) is 2.03. The van der Waals surface area contributed by atoms with Crippen molar-refractivity contribution in [2.24, 2.45) is 5.73 Å². The van der Waals surface area contributed by atoms with Gasteiger partial charge in [-0.25, -0.2) is 0 Å². The Labute approximate surface area is 77.5 Å². The number of carboxylic acids is 1. The summed E-state index contributed by atoms with van der Waals surface area (Å²) in [4.78, 5) is 12.5. The van der Waals surface area contributed by atoms with Gasteiger partial charge in [0.25, 0.3) is 0 Å². The minimum Gasteiger partial charge on any atom is -0.481 e. The number of nitrogens with zero attached hydrogens (tertiary/aromatic N) is 1. The minimum atomic E-state index is -0.833. The molecule has 13 heavy (non-hydrogen) atoms. The SMILES string of the molecule is NC(CC(=O)O)CN1CCOCC1. The molecule has 5 heteroatoms. The van der Waals surface area contributed by atoms with Gasteiger partial charge in [-0.2, -0.15) is 0 Å². The van der Waals surface area contributed by atoms with Crippen molar-refractivity contribution in [3.63, 3.8) is 0 Å². The number of carbonyl (C=O) groups is 1. The number of rotatable bonds is 4. The maximum Gasteiger partial charge on any atom is 0.304 e. The van der Waals surface area contributed by atoms with Crippen LogP contribution in [-0.4, -0.2) is 54.9 Å². The topological polar surface area (TPSA) is 75.8 Å². The fourth-order valence-corrected chi connectivity index (χ4v) is 1.40. The zero-order valence-electron chi connectivity index (χ0n) is 7.61. The first-order valence-corrected chi connectivity index (χ1v) is 4.46. The number of morpholine rings is 1. The summed E-state index contributed by atoms with van der Waals surface area (Å²) in [6.45, 7) is 3.80. The first-order valence-electron chi connectivity index (χ1n) is 4.46. The molecule has 1 aliphatic heterocycles. The van der Waals surface area contributed by atoms with Gasteiger partial charge in [-0.1, -0.05) is 0 Å². The van der Waals surface area contributed by atoms with Gasteiger partial charge in [0.05, 0.1) is 19.6 Å². The standard InChI is InChI=1S/C8H16N2O3/c9-7(5-8(11)12)6-10-1-3-13-4-2-10/h7H,1-6,9H2,(H,11,12). The third kappa shape index (κ3) is 4.21. The second-order valence-corrected chi connectivity index (χ2v) is 3.27. The van der Waals surface area contributed by atoms with Crippen molar-refractivity contribution >= 4 is 5.97 Å². The van der Waals surface area contributed by atoms with Gasteiger partial charge >= 0.3 is 5.97 Å². The zero-order valence-corrected chi connectivity index (χ0v) is 7.61. The summed E-state index contributed by atoms with van der Waals surface area (Å²) in [7, 11) is 0. The molecule has 0 aromatic rings. The Kier molecular flexibility index (Phi) is 4.14. The van der Waals surface area contributed by atoms with Crippen molar-refractivity contribution in [1.29, 1.82) is 0 Å². The highest BCUT2D eigenvalue weighted by molar-refractivity contribution is 5.67. The van der Waals surface area contributed by atoms with E-state index >= 15 is 0 Å². The van der Waals surface area contributed by atoms with E-state index in [0.717, 1.165) is 26.3 Å². The van der Waals surface area contributed by atoms with E-state index in [1.165, 1.54) is 0 Å². The molecular formula is C8H16N2O3. The molecule has 1 rings (SSSR count). The maximum atomic E-state index is 10.3. The molecule has 1 fully saturated rings. The smallest absolute Gasteiger partial charge is 0.304 e. The fourth-order valence-electron chi connectivity index (χ4n) is 1.40. The van der Waals surface area contributed by atoms with Crippen LogP contribution in [0.15, 0.2) is 0 Å². The molecule has 0 saturated carbocycles. The highest BCUT2D eigenvalue weighted by atomic mass is 16.5. The van der Waals surface area contributed by atoms with Crippen molar-refractivity contribution in [1.82, 2.24) is 4.90 Å². The van der Waals surface area contributed by atoms with Crippen LogP contribution in [-0.2, 0) is 9.53 Å². The molecule has 1 unspecified atom stereocenters. The largest absolute Gasteiger partial charge is 0.481 e. The van der Waals surface area contributed by atoms with Gasteiger partial charge in [-0.05, 0) is 0 Å². The highest BCUT2D eigenvalue weighted by Crippen LogP contribution is 1.99. The predicted molar refractivity (Wildman–Crippen MR) is 47.5 cm³/mol. The Morgan fingerprint density at radius 3 is 2.69 bits per heavy atom. The van der Waals surface area contributed by atoms with Gasteiger partial charge < -0.3 is 15.6 Å². The van der Waals surface area contributed by atoms with Gasteiger partial charge in [0.15, 0.2) is 0 Å². The number of aliphatic carboxylic acids is 1. The average Bonchev–Trinajstić information content (AvgIpc) is 2.04. The molecule has 76 valence electrons. The first-order chi connectivity index (χ1) is 6.18. The number of carboxylic acid groups (broad SMARTS) is 1. The van der Waals surface area contributed by atoms with Crippen LogP contribution in [0.4, 0.5) is 0 Å². The first kappa shape index (κ1) is 10.4. The van der Waals surface area contributed by atoms with Gasteiger partial charge in [0, 0.05) is 25.7 Å². The maximum absolute atomic E-state index is 10.3. The molecule has 0 bridgehead atoms. The third-order valence-electron chi connectivity index (χ3n) is 2.03. The molecule has 1 heterocycles. The predicted octanol–water partition coefficient (Wildman–Crippen LogP) is -0.879. The summed E-state index contributed by atoms with van der Waals surface area (Å²) >= 11 is 0.